The van der Waals surface area contributed by atoms with Crippen molar-refractivity contribution in [3.63, 3.8) is 0 Å². The third-order valence-electron chi connectivity index (χ3n) is 2.55. The average molecular weight is 249 g/mol. The summed E-state index contributed by atoms with van der Waals surface area (Å²) in [5.74, 6) is 0.504. The second-order valence-corrected chi connectivity index (χ2v) is 4.04. The molecule has 2 aromatic rings. The topological polar surface area (TPSA) is 34.4 Å². The molecule has 4 heteroatoms. The Hall–Kier alpha value is -1.65. The smallest absolute Gasteiger partial charge is 0.129 e. The highest BCUT2D eigenvalue weighted by Crippen LogP contribution is 2.12. The molecular formula is C14H16FNO2. The summed E-state index contributed by atoms with van der Waals surface area (Å²) < 4.78 is 24.1. The summed E-state index contributed by atoms with van der Waals surface area (Å²) in [5, 5.41) is 3.04. The summed E-state index contributed by atoms with van der Waals surface area (Å²) in [4.78, 5) is 0. The molecule has 1 N–H and O–H groups in total. The molecule has 0 aliphatic rings. The Kier molecular flexibility index (Phi) is 4.50. The number of halogens is 1. The highest BCUT2D eigenvalue weighted by Gasteiger charge is 2.03. The summed E-state index contributed by atoms with van der Waals surface area (Å²) in [5.41, 5.74) is 1.63. The lowest BCUT2D eigenvalue weighted by Crippen LogP contribution is -2.03. The Morgan fingerprint density at radius 2 is 2.11 bits per heavy atom. The van der Waals surface area contributed by atoms with Crippen LogP contribution in [0.3, 0.4) is 0 Å². The number of hydrogen-bond donors (Lipinski definition) is 1. The van der Waals surface area contributed by atoms with E-state index in [9.17, 15) is 4.39 Å². The van der Waals surface area contributed by atoms with Crippen LogP contribution in [0.4, 0.5) is 4.39 Å². The normalized spacial score (nSPS) is 10.8. The molecule has 0 fully saturated rings. The van der Waals surface area contributed by atoms with Gasteiger partial charge in [-0.15, -0.1) is 0 Å². The molecule has 0 saturated heterocycles. The Morgan fingerprint density at radius 3 is 2.89 bits per heavy atom. The van der Waals surface area contributed by atoms with E-state index in [4.69, 9.17) is 9.15 Å². The van der Waals surface area contributed by atoms with Crippen LogP contribution in [-0.4, -0.2) is 7.05 Å². The first-order chi connectivity index (χ1) is 8.79. The van der Waals surface area contributed by atoms with E-state index in [1.807, 2.05) is 13.1 Å². The first kappa shape index (κ1) is 12.8. The van der Waals surface area contributed by atoms with Gasteiger partial charge in [-0.2, -0.15) is 0 Å². The molecule has 0 bridgehead atoms. The largest absolute Gasteiger partial charge is 0.467 e. The minimum absolute atomic E-state index is 0.243. The molecule has 0 aliphatic carbocycles. The molecule has 1 aromatic heterocycles. The van der Waals surface area contributed by atoms with Crippen molar-refractivity contribution in [2.45, 2.75) is 19.8 Å². The van der Waals surface area contributed by atoms with Crippen molar-refractivity contribution in [1.82, 2.24) is 5.32 Å². The Bertz CT molecular complexity index is 496. The van der Waals surface area contributed by atoms with Crippen molar-refractivity contribution in [2.24, 2.45) is 0 Å². The van der Waals surface area contributed by atoms with Crippen molar-refractivity contribution < 1.29 is 13.5 Å². The van der Waals surface area contributed by atoms with Crippen LogP contribution in [0.25, 0.3) is 0 Å². The van der Waals surface area contributed by atoms with E-state index in [0.29, 0.717) is 12.2 Å². The number of rotatable bonds is 6. The molecule has 2 rings (SSSR count). The highest BCUT2D eigenvalue weighted by atomic mass is 19.1. The van der Waals surface area contributed by atoms with Gasteiger partial charge in [0.05, 0.1) is 12.9 Å². The SMILES string of the molecule is CNCc1coc(COCc2ccccc2F)c1. The molecule has 0 atom stereocenters. The second kappa shape index (κ2) is 6.33. The zero-order valence-corrected chi connectivity index (χ0v) is 10.3. The molecule has 0 spiro atoms. The van der Waals surface area contributed by atoms with Gasteiger partial charge in [-0.05, 0) is 19.2 Å². The fourth-order valence-electron chi connectivity index (χ4n) is 1.68. The van der Waals surface area contributed by atoms with E-state index >= 15 is 0 Å². The minimum Gasteiger partial charge on any atom is -0.467 e. The minimum atomic E-state index is -0.243. The Labute approximate surface area is 106 Å². The molecule has 0 unspecified atom stereocenters. The third kappa shape index (κ3) is 3.42. The fourth-order valence-corrected chi connectivity index (χ4v) is 1.68. The summed E-state index contributed by atoms with van der Waals surface area (Å²) in [7, 11) is 1.88. The van der Waals surface area contributed by atoms with Crippen LogP contribution >= 0.6 is 0 Å². The van der Waals surface area contributed by atoms with Gasteiger partial charge in [-0.25, -0.2) is 4.39 Å². The first-order valence-corrected chi connectivity index (χ1v) is 5.81. The maximum absolute atomic E-state index is 13.3. The summed E-state index contributed by atoms with van der Waals surface area (Å²) in [6.45, 7) is 1.35. The van der Waals surface area contributed by atoms with Crippen molar-refractivity contribution in [1.29, 1.82) is 0 Å². The van der Waals surface area contributed by atoms with E-state index in [1.165, 1.54) is 6.07 Å². The van der Waals surface area contributed by atoms with Crippen LogP contribution in [-0.2, 0) is 24.5 Å². The summed E-state index contributed by atoms with van der Waals surface area (Å²) in [6.07, 6.45) is 1.69. The molecule has 3 nitrogen and oxygen atoms in total. The average Bonchev–Trinajstić information content (AvgIpc) is 2.80. The van der Waals surface area contributed by atoms with E-state index in [0.717, 1.165) is 17.9 Å². The number of ether oxygens (including phenoxy) is 1. The molecular weight excluding hydrogens is 233 g/mol. The fraction of sp³-hybridized carbons (Fsp3) is 0.286. The molecule has 0 saturated carbocycles. The van der Waals surface area contributed by atoms with Crippen molar-refractivity contribution in [3.8, 4) is 0 Å². The number of hydrogen-bond acceptors (Lipinski definition) is 3. The monoisotopic (exact) mass is 249 g/mol. The van der Waals surface area contributed by atoms with Gasteiger partial charge in [-0.3, -0.25) is 0 Å². The first-order valence-electron chi connectivity index (χ1n) is 5.81. The lowest BCUT2D eigenvalue weighted by molar-refractivity contribution is 0.0909. The zero-order chi connectivity index (χ0) is 12.8. The van der Waals surface area contributed by atoms with Gasteiger partial charge >= 0.3 is 0 Å². The van der Waals surface area contributed by atoms with Gasteiger partial charge < -0.3 is 14.5 Å². The Morgan fingerprint density at radius 1 is 1.28 bits per heavy atom. The lowest BCUT2D eigenvalue weighted by Gasteiger charge is -2.03. The van der Waals surface area contributed by atoms with Crippen LogP contribution < -0.4 is 5.32 Å². The number of benzene rings is 1. The Balaban J connectivity index is 1.83. The van der Waals surface area contributed by atoms with Crippen LogP contribution in [0.1, 0.15) is 16.9 Å². The van der Waals surface area contributed by atoms with Gasteiger partial charge in [0.15, 0.2) is 0 Å². The maximum atomic E-state index is 13.3. The van der Waals surface area contributed by atoms with Gasteiger partial charge in [0, 0.05) is 17.7 Å². The quantitative estimate of drug-likeness (QED) is 0.854. The highest BCUT2D eigenvalue weighted by molar-refractivity contribution is 5.16. The molecule has 18 heavy (non-hydrogen) atoms. The van der Waals surface area contributed by atoms with Crippen molar-refractivity contribution in [2.75, 3.05) is 7.05 Å². The molecule has 96 valence electrons. The van der Waals surface area contributed by atoms with Crippen molar-refractivity contribution in [3.05, 3.63) is 59.3 Å². The van der Waals surface area contributed by atoms with E-state index in [1.54, 1.807) is 24.5 Å². The number of furan rings is 1. The number of nitrogens with one attached hydrogen (secondary N) is 1. The summed E-state index contributed by atoms with van der Waals surface area (Å²) >= 11 is 0. The maximum Gasteiger partial charge on any atom is 0.129 e. The van der Waals surface area contributed by atoms with Gasteiger partial charge in [0.25, 0.3) is 0 Å². The lowest BCUT2D eigenvalue weighted by atomic mass is 10.2. The van der Waals surface area contributed by atoms with Gasteiger partial charge in [0.2, 0.25) is 0 Å². The predicted octanol–water partition coefficient (Wildman–Crippen LogP) is 2.85. The van der Waals surface area contributed by atoms with Gasteiger partial charge in [0.1, 0.15) is 18.2 Å². The van der Waals surface area contributed by atoms with Crippen LogP contribution in [0.2, 0.25) is 0 Å². The van der Waals surface area contributed by atoms with Crippen LogP contribution in [0.5, 0.6) is 0 Å². The molecule has 1 heterocycles. The standard InChI is InChI=1S/C14H16FNO2/c1-16-7-11-6-13(18-8-11)10-17-9-12-4-2-3-5-14(12)15/h2-6,8,16H,7,9-10H2,1H3. The van der Waals surface area contributed by atoms with Crippen LogP contribution in [0.15, 0.2) is 41.0 Å². The second-order valence-electron chi connectivity index (χ2n) is 4.04. The zero-order valence-electron chi connectivity index (χ0n) is 10.3. The van der Waals surface area contributed by atoms with E-state index < -0.39 is 0 Å². The molecule has 1 aromatic carbocycles. The van der Waals surface area contributed by atoms with E-state index in [-0.39, 0.29) is 12.4 Å². The third-order valence-corrected chi connectivity index (χ3v) is 2.55. The predicted molar refractivity (Wildman–Crippen MR) is 66.4 cm³/mol. The molecule has 0 amide bonds. The molecule has 0 radical (unpaired) electrons. The van der Waals surface area contributed by atoms with E-state index in [2.05, 4.69) is 5.32 Å². The van der Waals surface area contributed by atoms with Crippen molar-refractivity contribution >= 4 is 0 Å². The van der Waals surface area contributed by atoms with Crippen LogP contribution in [0, 0.1) is 5.82 Å². The summed E-state index contributed by atoms with van der Waals surface area (Å²) in [6, 6.07) is 8.52. The van der Waals surface area contributed by atoms with Gasteiger partial charge in [-0.1, -0.05) is 18.2 Å². The molecule has 0 aliphatic heterocycles.